The van der Waals surface area contributed by atoms with Gasteiger partial charge in [-0.15, -0.1) is 0 Å². The van der Waals surface area contributed by atoms with E-state index in [9.17, 15) is 9.59 Å². The second kappa shape index (κ2) is 7.62. The Morgan fingerprint density at radius 3 is 2.89 bits per heavy atom. The number of aryl methyl sites for hydroxylation is 1. The van der Waals surface area contributed by atoms with Crippen molar-refractivity contribution in [1.82, 2.24) is 19.4 Å². The van der Waals surface area contributed by atoms with E-state index in [0.29, 0.717) is 25.7 Å². The molecule has 148 valence electrons. The van der Waals surface area contributed by atoms with Crippen molar-refractivity contribution in [2.45, 2.75) is 58.0 Å². The zero-order valence-electron chi connectivity index (χ0n) is 16.2. The maximum absolute atomic E-state index is 13.4. The Morgan fingerprint density at radius 2 is 2.11 bits per heavy atom. The standard InChI is InChI=1S/C20H30N4O3/c1-2-17-21-8-11-22(17)14-18(25)23-10-7-20(15-23)6-3-9-24(19(20)26)16-4-12-27-13-5-16/h8,11,16H,2-7,9-10,12-15H2,1H3. The predicted molar refractivity (Wildman–Crippen MR) is 100 cm³/mol. The molecular formula is C20H30N4O3. The van der Waals surface area contributed by atoms with Crippen LogP contribution in [0.1, 0.15) is 44.9 Å². The highest BCUT2D eigenvalue weighted by Crippen LogP contribution is 2.41. The fourth-order valence-corrected chi connectivity index (χ4v) is 4.95. The van der Waals surface area contributed by atoms with E-state index in [0.717, 1.165) is 64.1 Å². The predicted octanol–water partition coefficient (Wildman–Crippen LogP) is 1.47. The zero-order valence-corrected chi connectivity index (χ0v) is 16.2. The van der Waals surface area contributed by atoms with Crippen LogP contribution in [0.15, 0.2) is 12.4 Å². The van der Waals surface area contributed by atoms with Crippen LogP contribution in [-0.4, -0.2) is 70.1 Å². The van der Waals surface area contributed by atoms with Crippen molar-refractivity contribution in [3.8, 4) is 0 Å². The first-order valence-electron chi connectivity index (χ1n) is 10.3. The van der Waals surface area contributed by atoms with Crippen molar-refractivity contribution >= 4 is 11.8 Å². The second-order valence-corrected chi connectivity index (χ2v) is 8.12. The van der Waals surface area contributed by atoms with Crippen LogP contribution in [0.3, 0.4) is 0 Å². The smallest absolute Gasteiger partial charge is 0.242 e. The van der Waals surface area contributed by atoms with Crippen molar-refractivity contribution in [2.75, 3.05) is 32.8 Å². The Labute approximate surface area is 160 Å². The summed E-state index contributed by atoms with van der Waals surface area (Å²) >= 11 is 0. The summed E-state index contributed by atoms with van der Waals surface area (Å²) in [4.78, 5) is 34.5. The number of carbonyl (C=O) groups excluding carboxylic acids is 2. The van der Waals surface area contributed by atoms with Crippen molar-refractivity contribution in [3.05, 3.63) is 18.2 Å². The highest BCUT2D eigenvalue weighted by Gasteiger charge is 2.50. The van der Waals surface area contributed by atoms with E-state index in [1.807, 2.05) is 22.6 Å². The molecule has 4 heterocycles. The minimum Gasteiger partial charge on any atom is -0.381 e. The fourth-order valence-electron chi connectivity index (χ4n) is 4.95. The van der Waals surface area contributed by atoms with Crippen LogP contribution in [-0.2, 0) is 27.3 Å². The Morgan fingerprint density at radius 1 is 1.30 bits per heavy atom. The number of likely N-dealkylation sites (tertiary alicyclic amines) is 2. The molecule has 0 bridgehead atoms. The largest absolute Gasteiger partial charge is 0.381 e. The first-order valence-corrected chi connectivity index (χ1v) is 10.3. The molecule has 1 atom stereocenters. The van der Waals surface area contributed by atoms with Gasteiger partial charge in [-0.2, -0.15) is 0 Å². The first-order chi connectivity index (χ1) is 13.1. The van der Waals surface area contributed by atoms with Gasteiger partial charge in [0.05, 0.1) is 5.41 Å². The molecule has 1 spiro atoms. The fraction of sp³-hybridized carbons (Fsp3) is 0.750. The third-order valence-electron chi connectivity index (χ3n) is 6.53. The van der Waals surface area contributed by atoms with E-state index < -0.39 is 0 Å². The summed E-state index contributed by atoms with van der Waals surface area (Å²) < 4.78 is 7.38. The molecule has 7 nitrogen and oxygen atoms in total. The van der Waals surface area contributed by atoms with E-state index in [2.05, 4.69) is 9.88 Å². The molecule has 3 fully saturated rings. The topological polar surface area (TPSA) is 67.7 Å². The van der Waals surface area contributed by atoms with Crippen LogP contribution < -0.4 is 0 Å². The van der Waals surface area contributed by atoms with E-state index in [1.54, 1.807) is 6.20 Å². The lowest BCUT2D eigenvalue weighted by molar-refractivity contribution is -0.151. The van der Waals surface area contributed by atoms with E-state index in [4.69, 9.17) is 4.74 Å². The third kappa shape index (κ3) is 3.49. The Hall–Kier alpha value is -1.89. The highest BCUT2D eigenvalue weighted by atomic mass is 16.5. The number of imidazole rings is 1. The van der Waals surface area contributed by atoms with Crippen molar-refractivity contribution in [1.29, 1.82) is 0 Å². The Bertz CT molecular complexity index is 697. The molecule has 0 aliphatic carbocycles. The average molecular weight is 374 g/mol. The number of amides is 2. The maximum Gasteiger partial charge on any atom is 0.242 e. The zero-order chi connectivity index (χ0) is 18.9. The van der Waals surface area contributed by atoms with E-state index in [1.165, 1.54) is 0 Å². The number of piperidine rings is 1. The van der Waals surface area contributed by atoms with E-state index in [-0.39, 0.29) is 17.2 Å². The molecule has 0 aromatic carbocycles. The van der Waals surface area contributed by atoms with Gasteiger partial charge in [0.25, 0.3) is 0 Å². The molecule has 1 aromatic rings. The lowest BCUT2D eigenvalue weighted by atomic mass is 9.77. The number of aromatic nitrogens is 2. The average Bonchev–Trinajstić information content (AvgIpc) is 3.32. The van der Waals surface area contributed by atoms with Crippen molar-refractivity contribution < 1.29 is 14.3 Å². The number of carbonyl (C=O) groups is 2. The summed E-state index contributed by atoms with van der Waals surface area (Å²) in [7, 11) is 0. The number of hydrogen-bond acceptors (Lipinski definition) is 4. The quantitative estimate of drug-likeness (QED) is 0.800. The molecule has 0 N–H and O–H groups in total. The van der Waals surface area contributed by atoms with Gasteiger partial charge in [-0.25, -0.2) is 4.98 Å². The van der Waals surface area contributed by atoms with Crippen LogP contribution in [0.2, 0.25) is 0 Å². The van der Waals surface area contributed by atoms with Crippen LogP contribution >= 0.6 is 0 Å². The van der Waals surface area contributed by atoms with Gasteiger partial charge >= 0.3 is 0 Å². The molecule has 0 radical (unpaired) electrons. The van der Waals surface area contributed by atoms with Gasteiger partial charge in [0, 0.05) is 57.7 Å². The maximum atomic E-state index is 13.4. The second-order valence-electron chi connectivity index (χ2n) is 8.12. The molecule has 3 aliphatic heterocycles. The summed E-state index contributed by atoms with van der Waals surface area (Å²) in [5.74, 6) is 1.29. The molecular weight excluding hydrogens is 344 g/mol. The van der Waals surface area contributed by atoms with Gasteiger partial charge in [0.2, 0.25) is 11.8 Å². The summed E-state index contributed by atoms with van der Waals surface area (Å²) in [6, 6.07) is 0.311. The Balaban J connectivity index is 1.42. The normalized spacial score (nSPS) is 26.9. The van der Waals surface area contributed by atoms with Gasteiger partial charge in [-0.05, 0) is 32.1 Å². The molecule has 4 rings (SSSR count). The number of nitrogens with zero attached hydrogens (tertiary/aromatic N) is 4. The lowest BCUT2D eigenvalue weighted by Gasteiger charge is -2.44. The monoisotopic (exact) mass is 374 g/mol. The van der Waals surface area contributed by atoms with Gasteiger partial charge < -0.3 is 19.1 Å². The number of hydrogen-bond donors (Lipinski definition) is 0. The highest BCUT2D eigenvalue weighted by molar-refractivity contribution is 5.86. The summed E-state index contributed by atoms with van der Waals surface area (Å²) in [6.45, 7) is 5.96. The number of ether oxygens (including phenoxy) is 1. The Kier molecular flexibility index (Phi) is 5.21. The van der Waals surface area contributed by atoms with Crippen LogP contribution in [0.4, 0.5) is 0 Å². The third-order valence-corrected chi connectivity index (χ3v) is 6.53. The molecule has 0 saturated carbocycles. The van der Waals surface area contributed by atoms with Gasteiger partial charge in [-0.1, -0.05) is 6.92 Å². The first kappa shape index (κ1) is 18.5. The number of rotatable bonds is 4. The van der Waals surface area contributed by atoms with Gasteiger partial charge in [0.15, 0.2) is 0 Å². The molecule has 3 aliphatic rings. The van der Waals surface area contributed by atoms with Crippen molar-refractivity contribution in [2.24, 2.45) is 5.41 Å². The van der Waals surface area contributed by atoms with Crippen molar-refractivity contribution in [3.63, 3.8) is 0 Å². The summed E-state index contributed by atoms with van der Waals surface area (Å²) in [6.07, 6.45) is 9.02. The molecule has 1 aromatic heterocycles. The molecule has 1 unspecified atom stereocenters. The van der Waals surface area contributed by atoms with E-state index >= 15 is 0 Å². The van der Waals surface area contributed by atoms with Crippen LogP contribution in [0, 0.1) is 5.41 Å². The lowest BCUT2D eigenvalue weighted by Crippen LogP contribution is -2.55. The SMILES string of the molecule is CCc1nccn1CC(=O)N1CCC2(CCCN(C3CCOCC3)C2=O)C1. The van der Waals surface area contributed by atoms with Crippen LogP contribution in [0.5, 0.6) is 0 Å². The molecule has 3 saturated heterocycles. The molecule has 27 heavy (non-hydrogen) atoms. The minimum absolute atomic E-state index is 0.0931. The molecule has 7 heteroatoms. The van der Waals surface area contributed by atoms with Crippen LogP contribution in [0.25, 0.3) is 0 Å². The van der Waals surface area contributed by atoms with Gasteiger partial charge in [0.1, 0.15) is 12.4 Å². The molecule has 2 amide bonds. The summed E-state index contributed by atoms with van der Waals surface area (Å²) in [5, 5.41) is 0. The summed E-state index contributed by atoms with van der Waals surface area (Å²) in [5.41, 5.74) is -0.366. The minimum atomic E-state index is -0.366. The van der Waals surface area contributed by atoms with Gasteiger partial charge in [-0.3, -0.25) is 9.59 Å².